The molecule has 0 bridgehead atoms. The van der Waals surface area contributed by atoms with Crippen molar-refractivity contribution in [3.05, 3.63) is 64.7 Å². The Morgan fingerprint density at radius 3 is 2.25 bits per heavy atom. The summed E-state index contributed by atoms with van der Waals surface area (Å²) >= 11 is 5.95. The van der Waals surface area contributed by atoms with Crippen molar-refractivity contribution < 1.29 is 22.7 Å². The van der Waals surface area contributed by atoms with Crippen LogP contribution < -0.4 is 5.32 Å². The maximum atomic E-state index is 12.9. The van der Waals surface area contributed by atoms with Crippen LogP contribution in [0.15, 0.2) is 53.4 Å². The number of hydrogen-bond acceptors (Lipinski definition) is 5. The molecule has 0 radical (unpaired) electrons. The lowest BCUT2D eigenvalue weighted by Crippen LogP contribution is -2.43. The lowest BCUT2D eigenvalue weighted by molar-refractivity contribution is -0.141. The number of nitrogens with one attached hydrogen (secondary N) is 1. The molecule has 2 aromatic rings. The van der Waals surface area contributed by atoms with Crippen LogP contribution in [0.25, 0.3) is 0 Å². The molecule has 7 nitrogen and oxygen atoms in total. The molecule has 1 N–H and O–H groups in total. The normalized spacial score (nSPS) is 16.3. The zero-order valence-corrected chi connectivity index (χ0v) is 19.7. The molecule has 0 spiro atoms. The molecule has 1 saturated heterocycles. The lowest BCUT2D eigenvalue weighted by atomic mass is 9.95. The summed E-state index contributed by atoms with van der Waals surface area (Å²) in [5.74, 6) is -0.989. The molecule has 3 rings (SSSR count). The molecule has 1 aliphatic heterocycles. The number of hydrogen-bond donors (Lipinski definition) is 1. The third-order valence-corrected chi connectivity index (χ3v) is 7.84. The van der Waals surface area contributed by atoms with Crippen molar-refractivity contribution in [2.45, 2.75) is 37.1 Å². The van der Waals surface area contributed by atoms with Crippen LogP contribution >= 0.6 is 11.6 Å². The molecule has 0 unspecified atom stereocenters. The largest absolute Gasteiger partial charge is 0.469 e. The molecule has 172 valence electrons. The predicted molar refractivity (Wildman–Crippen MR) is 122 cm³/mol. The average Bonchev–Trinajstić information content (AvgIpc) is 2.79. The molecule has 0 aromatic heterocycles. The Bertz CT molecular complexity index is 1050. The molecule has 1 heterocycles. The number of benzene rings is 2. The van der Waals surface area contributed by atoms with Gasteiger partial charge in [-0.25, -0.2) is 8.42 Å². The van der Waals surface area contributed by atoms with E-state index in [4.69, 9.17) is 16.3 Å². The standard InChI is InChI=1S/C23H27ClN2O5S/c1-16-3-9-20(10-4-16)32(29,30)26-13-11-18(12-14-26)23(28)25-21(15-22(27)31-2)17-5-7-19(24)8-6-17/h3-10,18,21H,11-15H2,1-2H3,(H,25,28)/t21-/m1/s1. The number of sulfonamides is 1. The SMILES string of the molecule is COC(=O)C[C@@H](NC(=O)C1CCN(S(=O)(=O)c2ccc(C)cc2)CC1)c1ccc(Cl)cc1. The van der Waals surface area contributed by atoms with Crippen LogP contribution in [0.3, 0.4) is 0 Å². The molecule has 9 heteroatoms. The summed E-state index contributed by atoms with van der Waals surface area (Å²) in [7, 11) is -2.29. The summed E-state index contributed by atoms with van der Waals surface area (Å²) in [6.07, 6.45) is 0.801. The van der Waals surface area contributed by atoms with E-state index < -0.39 is 22.0 Å². The number of aryl methyl sites for hydroxylation is 1. The number of esters is 1. The Hall–Kier alpha value is -2.42. The van der Waals surface area contributed by atoms with Crippen LogP contribution in [0.4, 0.5) is 0 Å². The highest BCUT2D eigenvalue weighted by atomic mass is 35.5. The number of carbonyl (C=O) groups excluding carboxylic acids is 2. The molecule has 1 aliphatic rings. The molecule has 1 atom stereocenters. The Morgan fingerprint density at radius 1 is 1.09 bits per heavy atom. The van der Waals surface area contributed by atoms with Gasteiger partial charge in [0.2, 0.25) is 15.9 Å². The average molecular weight is 479 g/mol. The van der Waals surface area contributed by atoms with Gasteiger partial charge in [-0.15, -0.1) is 0 Å². The van der Waals surface area contributed by atoms with Crippen LogP contribution in [-0.4, -0.2) is 44.8 Å². The van der Waals surface area contributed by atoms with Crippen molar-refractivity contribution in [2.75, 3.05) is 20.2 Å². The molecular weight excluding hydrogens is 452 g/mol. The number of amides is 1. The second kappa shape index (κ2) is 10.5. The topological polar surface area (TPSA) is 92.8 Å². The highest BCUT2D eigenvalue weighted by Crippen LogP contribution is 2.26. The zero-order valence-electron chi connectivity index (χ0n) is 18.1. The minimum absolute atomic E-state index is 0.00940. The van der Waals surface area contributed by atoms with Crippen molar-refractivity contribution in [3.8, 4) is 0 Å². The summed E-state index contributed by atoms with van der Waals surface area (Å²) in [5, 5.41) is 3.48. The fourth-order valence-electron chi connectivity index (χ4n) is 3.70. The van der Waals surface area contributed by atoms with Gasteiger partial charge in [0.15, 0.2) is 0 Å². The summed E-state index contributed by atoms with van der Waals surface area (Å²) in [5.41, 5.74) is 1.73. The first-order valence-electron chi connectivity index (χ1n) is 10.4. The first-order valence-corrected chi connectivity index (χ1v) is 12.2. The monoisotopic (exact) mass is 478 g/mol. The maximum absolute atomic E-state index is 12.9. The predicted octanol–water partition coefficient (Wildman–Crippen LogP) is 3.47. The van der Waals surface area contributed by atoms with Gasteiger partial charge >= 0.3 is 5.97 Å². The number of ether oxygens (including phenoxy) is 1. The third kappa shape index (κ3) is 5.88. The van der Waals surface area contributed by atoms with Crippen molar-refractivity contribution in [1.29, 1.82) is 0 Å². The molecule has 0 saturated carbocycles. The fourth-order valence-corrected chi connectivity index (χ4v) is 5.30. The van der Waals surface area contributed by atoms with Crippen molar-refractivity contribution in [2.24, 2.45) is 5.92 Å². The van der Waals surface area contributed by atoms with E-state index in [1.54, 1.807) is 48.5 Å². The van der Waals surface area contributed by atoms with Gasteiger partial charge in [0.25, 0.3) is 0 Å². The van der Waals surface area contributed by atoms with Gasteiger partial charge in [-0.05, 0) is 49.6 Å². The van der Waals surface area contributed by atoms with Gasteiger partial charge in [0.05, 0.1) is 24.5 Å². The quantitative estimate of drug-likeness (QED) is 0.615. The Kier molecular flexibility index (Phi) is 7.92. The van der Waals surface area contributed by atoms with E-state index in [2.05, 4.69) is 5.32 Å². The highest BCUT2D eigenvalue weighted by molar-refractivity contribution is 7.89. The smallest absolute Gasteiger partial charge is 0.307 e. The first-order chi connectivity index (χ1) is 15.2. The lowest BCUT2D eigenvalue weighted by Gasteiger charge is -2.31. The molecular formula is C23H27ClN2O5S. The minimum Gasteiger partial charge on any atom is -0.469 e. The van der Waals surface area contributed by atoms with Crippen LogP contribution in [0, 0.1) is 12.8 Å². The van der Waals surface area contributed by atoms with E-state index in [0.717, 1.165) is 11.1 Å². The van der Waals surface area contributed by atoms with E-state index >= 15 is 0 Å². The first kappa shape index (κ1) is 24.2. The van der Waals surface area contributed by atoms with Crippen molar-refractivity contribution in [1.82, 2.24) is 9.62 Å². The zero-order chi connectivity index (χ0) is 23.3. The van der Waals surface area contributed by atoms with E-state index in [0.29, 0.717) is 17.9 Å². The van der Waals surface area contributed by atoms with Crippen LogP contribution in [0.5, 0.6) is 0 Å². The van der Waals surface area contributed by atoms with E-state index in [1.807, 2.05) is 6.92 Å². The van der Waals surface area contributed by atoms with Crippen molar-refractivity contribution >= 4 is 33.5 Å². The fraction of sp³-hybridized carbons (Fsp3) is 0.391. The molecule has 1 fully saturated rings. The summed E-state index contributed by atoms with van der Waals surface area (Å²) in [6.45, 7) is 2.42. The molecule has 0 aliphatic carbocycles. The summed E-state index contributed by atoms with van der Waals surface area (Å²) in [6, 6.07) is 13.1. The molecule has 32 heavy (non-hydrogen) atoms. The minimum atomic E-state index is -3.59. The Labute approximate surface area is 193 Å². The van der Waals surface area contributed by atoms with Crippen molar-refractivity contribution in [3.63, 3.8) is 0 Å². The molecule has 2 aromatic carbocycles. The Balaban J connectivity index is 1.64. The van der Waals surface area contributed by atoms with Gasteiger partial charge in [-0.2, -0.15) is 4.31 Å². The van der Waals surface area contributed by atoms with Gasteiger partial charge < -0.3 is 10.1 Å². The second-order valence-electron chi connectivity index (χ2n) is 7.88. The summed E-state index contributed by atoms with van der Waals surface area (Å²) in [4.78, 5) is 25.0. The number of rotatable bonds is 7. The van der Waals surface area contributed by atoms with Crippen LogP contribution in [0.1, 0.15) is 36.4 Å². The number of piperidine rings is 1. The Morgan fingerprint density at radius 2 is 1.69 bits per heavy atom. The summed E-state index contributed by atoms with van der Waals surface area (Å²) < 4.78 is 32.0. The van der Waals surface area contributed by atoms with Gasteiger partial charge in [-0.1, -0.05) is 41.4 Å². The number of halogens is 1. The van der Waals surface area contributed by atoms with Crippen LogP contribution in [-0.2, 0) is 24.3 Å². The van der Waals surface area contributed by atoms with Gasteiger partial charge in [-0.3, -0.25) is 9.59 Å². The number of nitrogens with zero attached hydrogens (tertiary/aromatic N) is 1. The van der Waals surface area contributed by atoms with Crippen LogP contribution in [0.2, 0.25) is 5.02 Å². The third-order valence-electron chi connectivity index (χ3n) is 5.67. The highest BCUT2D eigenvalue weighted by Gasteiger charge is 2.33. The van der Waals surface area contributed by atoms with E-state index in [1.165, 1.54) is 11.4 Å². The number of methoxy groups -OCH3 is 1. The second-order valence-corrected chi connectivity index (χ2v) is 10.3. The van der Waals surface area contributed by atoms with Gasteiger partial charge in [0, 0.05) is 24.0 Å². The van der Waals surface area contributed by atoms with E-state index in [-0.39, 0.29) is 36.2 Å². The van der Waals surface area contributed by atoms with Gasteiger partial charge in [0.1, 0.15) is 0 Å². The maximum Gasteiger partial charge on any atom is 0.307 e. The number of carbonyl (C=O) groups is 2. The van der Waals surface area contributed by atoms with E-state index in [9.17, 15) is 18.0 Å². The molecule has 1 amide bonds.